The highest BCUT2D eigenvalue weighted by Crippen LogP contribution is 2.40. The number of hydrogen-bond acceptors (Lipinski definition) is 5. The molecule has 0 spiro atoms. The highest BCUT2D eigenvalue weighted by atomic mass is 16.7. The second-order valence-electron chi connectivity index (χ2n) is 8.39. The van der Waals surface area contributed by atoms with Crippen LogP contribution in [0.2, 0.25) is 0 Å². The summed E-state index contributed by atoms with van der Waals surface area (Å²) in [4.78, 5) is 18.1. The van der Waals surface area contributed by atoms with Crippen molar-refractivity contribution in [2.24, 2.45) is 0 Å². The van der Waals surface area contributed by atoms with E-state index in [9.17, 15) is 4.79 Å². The van der Waals surface area contributed by atoms with Crippen LogP contribution in [0.25, 0.3) is 0 Å². The van der Waals surface area contributed by atoms with E-state index in [0.29, 0.717) is 0 Å². The van der Waals surface area contributed by atoms with Gasteiger partial charge in [-0.1, -0.05) is 12.1 Å². The van der Waals surface area contributed by atoms with Crippen molar-refractivity contribution in [3.8, 4) is 5.75 Å². The molecule has 1 aliphatic rings. The van der Waals surface area contributed by atoms with Gasteiger partial charge in [-0.05, 0) is 71.6 Å². The van der Waals surface area contributed by atoms with Crippen molar-refractivity contribution in [3.05, 3.63) is 29.8 Å². The molecule has 0 bridgehead atoms. The Morgan fingerprint density at radius 1 is 1.08 bits per heavy atom. The number of hydrogen-bond donors (Lipinski definition) is 0. The number of nitrogens with zero attached hydrogens (tertiary/aromatic N) is 1. The second kappa shape index (κ2) is 7.97. The van der Waals surface area contributed by atoms with Gasteiger partial charge < -0.3 is 9.47 Å². The number of hydroxylamine groups is 2. The first-order valence-electron chi connectivity index (χ1n) is 9.35. The minimum absolute atomic E-state index is 0.0727. The standard InChI is InChI=1S/C21H33NO4/c1-15(26-22-20(3,4)13-8-14-21(22,5)6)19(25-16(2)23)17-9-11-18(24-7)12-10-17/h9-12,15,19H,8,13-14H2,1-7H3/t15-,19+/m1/s1. The molecule has 0 saturated carbocycles. The van der Waals surface area contributed by atoms with Crippen LogP contribution < -0.4 is 4.74 Å². The van der Waals surface area contributed by atoms with E-state index in [2.05, 4.69) is 32.8 Å². The van der Waals surface area contributed by atoms with Gasteiger partial charge in [0.25, 0.3) is 0 Å². The zero-order chi connectivity index (χ0) is 19.5. The molecule has 0 unspecified atom stereocenters. The van der Waals surface area contributed by atoms with E-state index >= 15 is 0 Å². The van der Waals surface area contributed by atoms with E-state index in [0.717, 1.165) is 24.2 Å². The van der Waals surface area contributed by atoms with Crippen molar-refractivity contribution >= 4 is 5.97 Å². The summed E-state index contributed by atoms with van der Waals surface area (Å²) in [5, 5.41) is 2.11. The zero-order valence-electron chi connectivity index (χ0n) is 17.2. The van der Waals surface area contributed by atoms with Crippen LogP contribution in [-0.4, -0.2) is 35.3 Å². The Bertz CT molecular complexity index is 593. The summed E-state index contributed by atoms with van der Waals surface area (Å²) in [5.74, 6) is 0.445. The summed E-state index contributed by atoms with van der Waals surface area (Å²) in [6.07, 6.45) is 2.53. The molecule has 146 valence electrons. The summed E-state index contributed by atoms with van der Waals surface area (Å²) < 4.78 is 10.8. The van der Waals surface area contributed by atoms with Gasteiger partial charge in [-0.2, -0.15) is 5.06 Å². The first kappa shape index (κ1) is 20.7. The molecule has 2 rings (SSSR count). The number of benzene rings is 1. The molecular weight excluding hydrogens is 330 g/mol. The first-order valence-corrected chi connectivity index (χ1v) is 9.35. The molecule has 0 radical (unpaired) electrons. The molecule has 26 heavy (non-hydrogen) atoms. The van der Waals surface area contributed by atoms with E-state index in [1.807, 2.05) is 31.2 Å². The molecule has 5 nitrogen and oxygen atoms in total. The van der Waals surface area contributed by atoms with Crippen molar-refractivity contribution in [2.45, 2.75) is 84.1 Å². The number of carbonyl (C=O) groups excluding carboxylic acids is 1. The summed E-state index contributed by atoms with van der Waals surface area (Å²) in [5.41, 5.74) is 0.744. The van der Waals surface area contributed by atoms with E-state index in [1.54, 1.807) is 7.11 Å². The number of piperidine rings is 1. The number of methoxy groups -OCH3 is 1. The van der Waals surface area contributed by atoms with Gasteiger partial charge in [0.1, 0.15) is 11.9 Å². The summed E-state index contributed by atoms with van der Waals surface area (Å²) >= 11 is 0. The molecule has 5 heteroatoms. The number of rotatable bonds is 6. The molecule has 0 aliphatic carbocycles. The normalized spacial score (nSPS) is 21.7. The maximum absolute atomic E-state index is 11.7. The van der Waals surface area contributed by atoms with Crippen LogP contribution in [0.1, 0.15) is 72.5 Å². The summed E-state index contributed by atoms with van der Waals surface area (Å²) in [6.45, 7) is 12.2. The lowest BCUT2D eigenvalue weighted by Crippen LogP contribution is -2.59. The fourth-order valence-corrected chi connectivity index (χ4v) is 3.89. The van der Waals surface area contributed by atoms with Gasteiger partial charge in [-0.3, -0.25) is 9.63 Å². The monoisotopic (exact) mass is 363 g/mol. The third kappa shape index (κ3) is 4.77. The fraction of sp³-hybridized carbons (Fsp3) is 0.667. The average molecular weight is 363 g/mol. The molecule has 0 amide bonds. The SMILES string of the molecule is COc1ccc([C@@H](OC(C)=O)[C@@H](C)ON2C(C)(C)CCCC2(C)C)cc1. The zero-order valence-corrected chi connectivity index (χ0v) is 17.2. The van der Waals surface area contributed by atoms with E-state index in [-0.39, 0.29) is 23.2 Å². The van der Waals surface area contributed by atoms with Crippen LogP contribution in [0.5, 0.6) is 5.75 Å². The Labute approximate surface area is 157 Å². The Morgan fingerprint density at radius 3 is 2.08 bits per heavy atom. The molecule has 1 fully saturated rings. The maximum Gasteiger partial charge on any atom is 0.303 e. The average Bonchev–Trinajstić information content (AvgIpc) is 2.55. The van der Waals surface area contributed by atoms with Crippen LogP contribution >= 0.6 is 0 Å². The number of ether oxygens (including phenoxy) is 2. The minimum atomic E-state index is -0.480. The fourth-order valence-electron chi connectivity index (χ4n) is 3.89. The van der Waals surface area contributed by atoms with Gasteiger partial charge in [0.05, 0.1) is 7.11 Å². The molecule has 1 aliphatic heterocycles. The van der Waals surface area contributed by atoms with E-state index in [1.165, 1.54) is 13.3 Å². The van der Waals surface area contributed by atoms with Crippen LogP contribution in [0, 0.1) is 0 Å². The summed E-state index contributed by atoms with van der Waals surface area (Å²) in [7, 11) is 1.63. The van der Waals surface area contributed by atoms with Gasteiger partial charge >= 0.3 is 5.97 Å². The second-order valence-corrected chi connectivity index (χ2v) is 8.39. The van der Waals surface area contributed by atoms with Crippen LogP contribution in [0.4, 0.5) is 0 Å². The van der Waals surface area contributed by atoms with Crippen molar-refractivity contribution < 1.29 is 19.1 Å². The molecule has 1 aromatic carbocycles. The van der Waals surface area contributed by atoms with Crippen LogP contribution in [0.15, 0.2) is 24.3 Å². The summed E-state index contributed by atoms with van der Waals surface area (Å²) in [6, 6.07) is 7.57. The quantitative estimate of drug-likeness (QED) is 0.688. The minimum Gasteiger partial charge on any atom is -0.497 e. The third-order valence-corrected chi connectivity index (χ3v) is 5.11. The van der Waals surface area contributed by atoms with E-state index in [4.69, 9.17) is 14.3 Å². The highest BCUT2D eigenvalue weighted by Gasteiger charge is 2.44. The molecule has 0 N–H and O–H groups in total. The molecular formula is C21H33NO4. The van der Waals surface area contributed by atoms with Crippen molar-refractivity contribution in [1.82, 2.24) is 5.06 Å². The van der Waals surface area contributed by atoms with Crippen molar-refractivity contribution in [1.29, 1.82) is 0 Å². The molecule has 1 aromatic rings. The Morgan fingerprint density at radius 2 is 1.62 bits per heavy atom. The largest absolute Gasteiger partial charge is 0.497 e. The Hall–Kier alpha value is -1.59. The van der Waals surface area contributed by atoms with E-state index < -0.39 is 6.10 Å². The van der Waals surface area contributed by atoms with Gasteiger partial charge in [0, 0.05) is 18.0 Å². The molecule has 1 heterocycles. The Balaban J connectivity index is 2.25. The predicted molar refractivity (Wildman–Crippen MR) is 102 cm³/mol. The topological polar surface area (TPSA) is 48.0 Å². The highest BCUT2D eigenvalue weighted by molar-refractivity contribution is 5.66. The lowest BCUT2D eigenvalue weighted by Gasteiger charge is -2.52. The molecule has 0 aromatic heterocycles. The lowest BCUT2D eigenvalue weighted by molar-refractivity contribution is -0.314. The first-order chi connectivity index (χ1) is 12.1. The van der Waals surface area contributed by atoms with Gasteiger partial charge in [-0.15, -0.1) is 0 Å². The van der Waals surface area contributed by atoms with Gasteiger partial charge in [0.15, 0.2) is 6.10 Å². The van der Waals surface area contributed by atoms with Gasteiger partial charge in [0.2, 0.25) is 0 Å². The smallest absolute Gasteiger partial charge is 0.303 e. The van der Waals surface area contributed by atoms with Crippen molar-refractivity contribution in [2.75, 3.05) is 7.11 Å². The van der Waals surface area contributed by atoms with Gasteiger partial charge in [-0.25, -0.2) is 0 Å². The Kier molecular flexibility index (Phi) is 6.35. The van der Waals surface area contributed by atoms with Crippen LogP contribution in [-0.2, 0) is 14.4 Å². The van der Waals surface area contributed by atoms with Crippen molar-refractivity contribution in [3.63, 3.8) is 0 Å². The molecule has 2 atom stereocenters. The molecule has 1 saturated heterocycles. The van der Waals surface area contributed by atoms with Crippen LogP contribution in [0.3, 0.4) is 0 Å². The number of esters is 1. The predicted octanol–water partition coefficient (Wildman–Crippen LogP) is 4.66. The number of carbonyl (C=O) groups is 1. The third-order valence-electron chi connectivity index (χ3n) is 5.11. The lowest BCUT2D eigenvalue weighted by atomic mass is 9.82. The maximum atomic E-state index is 11.7.